The van der Waals surface area contributed by atoms with Crippen molar-refractivity contribution >= 4 is 29.3 Å². The number of anilines is 1. The van der Waals surface area contributed by atoms with Gasteiger partial charge in [0.15, 0.2) is 0 Å². The lowest BCUT2D eigenvalue weighted by Gasteiger charge is -2.20. The summed E-state index contributed by atoms with van der Waals surface area (Å²) in [6.45, 7) is 10.4. The molecule has 3 aromatic carbocycles. The molecular formula is C31H37NO4S. The quantitative estimate of drug-likeness (QED) is 0.188. The third-order valence-corrected chi connectivity index (χ3v) is 7.47. The van der Waals surface area contributed by atoms with E-state index in [1.807, 2.05) is 57.2 Å². The Hall–Kier alpha value is -3.25. The number of nitrogens with one attached hydrogen (secondary N) is 1. The molecule has 0 fully saturated rings. The summed E-state index contributed by atoms with van der Waals surface area (Å²) in [6.07, 6.45) is 1.65. The number of thioether (sulfide) groups is 1. The Balaban J connectivity index is 1.68. The minimum Gasteiger partial charge on any atom is -0.486 e. The second-order valence-electron chi connectivity index (χ2n) is 9.76. The van der Waals surface area contributed by atoms with Crippen LogP contribution in [-0.4, -0.2) is 22.7 Å². The normalized spacial score (nSPS) is 11.8. The van der Waals surface area contributed by atoms with Crippen molar-refractivity contribution in [2.24, 2.45) is 5.92 Å². The predicted molar refractivity (Wildman–Crippen MR) is 152 cm³/mol. The molecule has 0 aromatic heterocycles. The van der Waals surface area contributed by atoms with Crippen LogP contribution < -0.4 is 10.1 Å². The highest BCUT2D eigenvalue weighted by atomic mass is 32.2. The molecule has 3 aromatic rings. The summed E-state index contributed by atoms with van der Waals surface area (Å²) in [7, 11) is 0. The largest absolute Gasteiger partial charge is 0.486 e. The molecule has 1 amide bonds. The Morgan fingerprint density at radius 1 is 0.946 bits per heavy atom. The van der Waals surface area contributed by atoms with Crippen LogP contribution in [0, 0.1) is 19.8 Å². The third-order valence-electron chi connectivity index (χ3n) is 6.31. The summed E-state index contributed by atoms with van der Waals surface area (Å²) in [5.74, 6) is 1.08. The molecule has 0 aliphatic carbocycles. The highest BCUT2D eigenvalue weighted by Crippen LogP contribution is 2.31. The summed E-state index contributed by atoms with van der Waals surface area (Å²) >= 11 is 1.55. The highest BCUT2D eigenvalue weighted by molar-refractivity contribution is 7.99. The number of amides is 1. The van der Waals surface area contributed by atoms with E-state index < -0.39 is 5.97 Å². The molecule has 2 N–H and O–H groups in total. The van der Waals surface area contributed by atoms with Crippen LogP contribution >= 0.6 is 11.8 Å². The van der Waals surface area contributed by atoms with Crippen molar-refractivity contribution in [2.45, 2.75) is 64.9 Å². The van der Waals surface area contributed by atoms with Gasteiger partial charge in [-0.05, 0) is 91.8 Å². The van der Waals surface area contributed by atoms with E-state index >= 15 is 0 Å². The second-order valence-corrected chi connectivity index (χ2v) is 10.9. The van der Waals surface area contributed by atoms with Crippen LogP contribution in [0.25, 0.3) is 0 Å². The molecule has 6 heteroatoms. The number of para-hydroxylation sites is 1. The van der Waals surface area contributed by atoms with E-state index in [1.54, 1.807) is 11.8 Å². The van der Waals surface area contributed by atoms with Crippen molar-refractivity contribution in [3.63, 3.8) is 0 Å². The number of hydrogen-bond acceptors (Lipinski definition) is 4. The highest BCUT2D eigenvalue weighted by Gasteiger charge is 2.17. The van der Waals surface area contributed by atoms with E-state index in [2.05, 4.69) is 43.4 Å². The fourth-order valence-corrected chi connectivity index (χ4v) is 5.07. The fraction of sp³-hybridized carbons (Fsp3) is 0.355. The van der Waals surface area contributed by atoms with Crippen molar-refractivity contribution in [2.75, 3.05) is 11.1 Å². The van der Waals surface area contributed by atoms with Gasteiger partial charge in [0.25, 0.3) is 5.91 Å². The number of benzene rings is 3. The Labute approximate surface area is 224 Å². The second kappa shape index (κ2) is 13.3. The topological polar surface area (TPSA) is 75.6 Å². The summed E-state index contributed by atoms with van der Waals surface area (Å²) in [5.41, 5.74) is 5.58. The van der Waals surface area contributed by atoms with Crippen LogP contribution in [0.1, 0.15) is 72.3 Å². The number of hydrogen-bond donors (Lipinski definition) is 2. The zero-order valence-electron chi connectivity index (χ0n) is 22.3. The third kappa shape index (κ3) is 8.12. The zero-order valence-corrected chi connectivity index (χ0v) is 23.2. The molecule has 0 aliphatic rings. The van der Waals surface area contributed by atoms with Gasteiger partial charge in [0, 0.05) is 16.9 Å². The number of carbonyl (C=O) groups is 2. The van der Waals surface area contributed by atoms with Crippen LogP contribution in [0.4, 0.5) is 5.69 Å². The van der Waals surface area contributed by atoms with Gasteiger partial charge in [-0.15, -0.1) is 11.8 Å². The van der Waals surface area contributed by atoms with Gasteiger partial charge in [0.05, 0.1) is 5.69 Å². The van der Waals surface area contributed by atoms with Gasteiger partial charge in [-0.25, -0.2) is 0 Å². The molecule has 0 radical (unpaired) electrons. The van der Waals surface area contributed by atoms with Crippen LogP contribution in [0.5, 0.6) is 5.75 Å². The molecule has 196 valence electrons. The van der Waals surface area contributed by atoms with Crippen LogP contribution in [0.3, 0.4) is 0 Å². The first-order valence-corrected chi connectivity index (χ1v) is 13.7. The molecular weight excluding hydrogens is 482 g/mol. The van der Waals surface area contributed by atoms with Crippen LogP contribution in [0.2, 0.25) is 0 Å². The monoisotopic (exact) mass is 519 g/mol. The Bertz CT molecular complexity index is 1220. The van der Waals surface area contributed by atoms with E-state index in [1.165, 1.54) is 5.56 Å². The average molecular weight is 520 g/mol. The van der Waals surface area contributed by atoms with Gasteiger partial charge in [-0.2, -0.15) is 0 Å². The van der Waals surface area contributed by atoms with E-state index in [-0.39, 0.29) is 18.4 Å². The molecule has 1 atom stereocenters. The first kappa shape index (κ1) is 28.3. The summed E-state index contributed by atoms with van der Waals surface area (Å²) in [6, 6.07) is 19.9. The maximum atomic E-state index is 13.2. The van der Waals surface area contributed by atoms with Crippen LogP contribution in [-0.2, 0) is 11.2 Å². The van der Waals surface area contributed by atoms with Crippen LogP contribution in [0.15, 0.2) is 65.6 Å². The van der Waals surface area contributed by atoms with Gasteiger partial charge in [0.1, 0.15) is 11.9 Å². The number of carbonyl (C=O) groups excluding carboxylic acids is 1. The molecule has 0 aliphatic heterocycles. The molecule has 1 unspecified atom stereocenters. The van der Waals surface area contributed by atoms with E-state index in [0.717, 1.165) is 39.4 Å². The minimum absolute atomic E-state index is 0.115. The van der Waals surface area contributed by atoms with Gasteiger partial charge in [-0.3, -0.25) is 9.59 Å². The number of carboxylic acid groups (broad SMARTS) is 1. The van der Waals surface area contributed by atoms with E-state index in [0.29, 0.717) is 23.7 Å². The lowest BCUT2D eigenvalue weighted by molar-refractivity contribution is -0.137. The molecule has 0 saturated heterocycles. The predicted octanol–water partition coefficient (Wildman–Crippen LogP) is 7.85. The summed E-state index contributed by atoms with van der Waals surface area (Å²) in [5, 5.41) is 11.9. The maximum absolute atomic E-state index is 13.2. The van der Waals surface area contributed by atoms with Gasteiger partial charge < -0.3 is 15.2 Å². The lowest BCUT2D eigenvalue weighted by atomic mass is 10.00. The lowest BCUT2D eigenvalue weighted by Crippen LogP contribution is -2.15. The number of ether oxygens (including phenoxy) is 1. The van der Waals surface area contributed by atoms with Gasteiger partial charge in [-0.1, -0.05) is 50.2 Å². The number of aliphatic carboxylic acids is 1. The molecule has 0 spiro atoms. The Morgan fingerprint density at radius 3 is 2.32 bits per heavy atom. The standard InChI is InChI=1S/C31H37NO4S/c1-20(2)19-24-12-14-25(15-13-24)23(5)36-28-17-16-26(21(3)22(28)4)31(35)32-27-9-6-7-10-29(27)37-18-8-11-30(33)34/h6-7,9-10,12-17,20,23H,8,11,18-19H2,1-5H3,(H,32,35)(H,33,34). The zero-order chi connectivity index (χ0) is 26.9. The smallest absolute Gasteiger partial charge is 0.303 e. The Kier molecular flexibility index (Phi) is 10.2. The van der Waals surface area contributed by atoms with Crippen molar-refractivity contribution in [1.29, 1.82) is 0 Å². The Morgan fingerprint density at radius 2 is 1.65 bits per heavy atom. The minimum atomic E-state index is -0.797. The number of carboxylic acids is 1. The molecule has 0 bridgehead atoms. The summed E-state index contributed by atoms with van der Waals surface area (Å²) in [4.78, 5) is 24.9. The van der Waals surface area contributed by atoms with Crippen molar-refractivity contribution in [3.05, 3.63) is 88.5 Å². The van der Waals surface area contributed by atoms with Crippen molar-refractivity contribution < 1.29 is 19.4 Å². The first-order chi connectivity index (χ1) is 17.7. The molecule has 0 heterocycles. The van der Waals surface area contributed by atoms with Crippen molar-refractivity contribution in [1.82, 2.24) is 0 Å². The fourth-order valence-electron chi connectivity index (χ4n) is 4.12. The summed E-state index contributed by atoms with van der Waals surface area (Å²) < 4.78 is 6.30. The van der Waals surface area contributed by atoms with Gasteiger partial charge >= 0.3 is 5.97 Å². The molecule has 5 nitrogen and oxygen atoms in total. The first-order valence-electron chi connectivity index (χ1n) is 12.8. The SMILES string of the molecule is Cc1c(OC(C)c2ccc(CC(C)C)cc2)ccc(C(=O)Nc2ccccc2SCCCC(=O)O)c1C. The van der Waals surface area contributed by atoms with E-state index in [4.69, 9.17) is 9.84 Å². The molecule has 3 rings (SSSR count). The maximum Gasteiger partial charge on any atom is 0.303 e. The van der Waals surface area contributed by atoms with Gasteiger partial charge in [0.2, 0.25) is 0 Å². The average Bonchev–Trinajstić information content (AvgIpc) is 2.85. The molecule has 0 saturated carbocycles. The molecule has 37 heavy (non-hydrogen) atoms. The van der Waals surface area contributed by atoms with E-state index in [9.17, 15) is 9.59 Å². The van der Waals surface area contributed by atoms with Crippen molar-refractivity contribution in [3.8, 4) is 5.75 Å². The number of rotatable bonds is 12.